The first-order chi connectivity index (χ1) is 7.61. The van der Waals surface area contributed by atoms with Crippen LogP contribution < -0.4 is 16.0 Å². The lowest BCUT2D eigenvalue weighted by atomic mass is 10.1. The van der Waals surface area contributed by atoms with Crippen molar-refractivity contribution in [3.8, 4) is 0 Å². The highest BCUT2D eigenvalue weighted by molar-refractivity contribution is 6.04. The Bertz CT molecular complexity index is 457. The Morgan fingerprint density at radius 1 is 1.38 bits per heavy atom. The van der Waals surface area contributed by atoms with E-state index < -0.39 is 0 Å². The van der Waals surface area contributed by atoms with Crippen molar-refractivity contribution in [2.24, 2.45) is 0 Å². The largest absolute Gasteiger partial charge is 0.372 e. The minimum Gasteiger partial charge on any atom is -0.372 e. The molecule has 1 aliphatic rings. The summed E-state index contributed by atoms with van der Waals surface area (Å²) in [5.41, 5.74) is 2.00. The highest BCUT2D eigenvalue weighted by Crippen LogP contribution is 2.27. The van der Waals surface area contributed by atoms with Gasteiger partial charge in [-0.2, -0.15) is 0 Å². The summed E-state index contributed by atoms with van der Waals surface area (Å²) in [6.45, 7) is 1.78. The number of nitrogens with one attached hydrogen (secondary N) is 3. The molecule has 3 N–H and O–H groups in total. The van der Waals surface area contributed by atoms with Gasteiger partial charge in [0.05, 0.1) is 11.4 Å². The fourth-order valence-electron chi connectivity index (χ4n) is 1.60. The first-order valence-corrected chi connectivity index (χ1v) is 5.05. The van der Waals surface area contributed by atoms with Gasteiger partial charge in [-0.1, -0.05) is 0 Å². The lowest BCUT2D eigenvalue weighted by Crippen LogP contribution is -2.36. The molecule has 0 aliphatic carbocycles. The standard InChI is InChI=1S/C11H13N3O2/c1-6-10(15)14-9-5-7(11(16)12-2)3-4-8(9)13-6/h3-6,13H,1-2H3,(H,12,16)(H,14,15)/t6-/m0/s1. The summed E-state index contributed by atoms with van der Waals surface area (Å²) in [6.07, 6.45) is 0. The molecule has 0 aromatic heterocycles. The van der Waals surface area contributed by atoms with E-state index in [9.17, 15) is 9.59 Å². The van der Waals surface area contributed by atoms with Crippen molar-refractivity contribution in [2.75, 3.05) is 17.7 Å². The van der Waals surface area contributed by atoms with Gasteiger partial charge in [0, 0.05) is 12.6 Å². The van der Waals surface area contributed by atoms with Gasteiger partial charge in [-0.05, 0) is 25.1 Å². The number of amides is 2. The average molecular weight is 219 g/mol. The van der Waals surface area contributed by atoms with Crippen molar-refractivity contribution in [1.82, 2.24) is 5.32 Å². The van der Waals surface area contributed by atoms with Gasteiger partial charge in [-0.25, -0.2) is 0 Å². The number of fused-ring (bicyclic) bond motifs is 1. The second kappa shape index (κ2) is 3.84. The van der Waals surface area contributed by atoms with E-state index in [1.807, 2.05) is 0 Å². The zero-order valence-electron chi connectivity index (χ0n) is 9.13. The predicted molar refractivity (Wildman–Crippen MR) is 61.5 cm³/mol. The number of hydrogen-bond acceptors (Lipinski definition) is 3. The number of benzene rings is 1. The number of carbonyl (C=O) groups excluding carboxylic acids is 2. The molecule has 0 unspecified atom stereocenters. The zero-order chi connectivity index (χ0) is 11.7. The smallest absolute Gasteiger partial charge is 0.251 e. The van der Waals surface area contributed by atoms with Crippen LogP contribution in [0.5, 0.6) is 0 Å². The van der Waals surface area contributed by atoms with E-state index >= 15 is 0 Å². The maximum absolute atomic E-state index is 11.4. The Kier molecular flexibility index (Phi) is 2.52. The van der Waals surface area contributed by atoms with Crippen LogP contribution in [0.4, 0.5) is 11.4 Å². The lowest BCUT2D eigenvalue weighted by Gasteiger charge is -2.24. The third-order valence-electron chi connectivity index (χ3n) is 2.53. The molecule has 84 valence electrons. The average Bonchev–Trinajstić information content (AvgIpc) is 2.29. The van der Waals surface area contributed by atoms with Crippen molar-refractivity contribution in [3.05, 3.63) is 23.8 Å². The molecular formula is C11H13N3O2. The summed E-state index contributed by atoms with van der Waals surface area (Å²) in [5, 5.41) is 8.33. The molecule has 1 aliphatic heterocycles. The van der Waals surface area contributed by atoms with Gasteiger partial charge in [0.25, 0.3) is 5.91 Å². The molecule has 5 nitrogen and oxygen atoms in total. The van der Waals surface area contributed by atoms with E-state index in [0.717, 1.165) is 5.69 Å². The lowest BCUT2D eigenvalue weighted by molar-refractivity contribution is -0.116. The minimum atomic E-state index is -0.252. The van der Waals surface area contributed by atoms with Crippen molar-refractivity contribution in [2.45, 2.75) is 13.0 Å². The Balaban J connectivity index is 2.36. The fraction of sp³-hybridized carbons (Fsp3) is 0.273. The fourth-order valence-corrected chi connectivity index (χ4v) is 1.60. The monoisotopic (exact) mass is 219 g/mol. The van der Waals surface area contributed by atoms with Crippen LogP contribution >= 0.6 is 0 Å². The van der Waals surface area contributed by atoms with Crippen LogP contribution in [0, 0.1) is 0 Å². The third-order valence-corrected chi connectivity index (χ3v) is 2.53. The van der Waals surface area contributed by atoms with Gasteiger partial charge < -0.3 is 16.0 Å². The summed E-state index contributed by atoms with van der Waals surface area (Å²) in [5.74, 6) is -0.266. The molecule has 2 rings (SSSR count). The van der Waals surface area contributed by atoms with Gasteiger partial charge >= 0.3 is 0 Å². The topological polar surface area (TPSA) is 70.2 Å². The molecule has 5 heteroatoms. The number of rotatable bonds is 1. The summed E-state index contributed by atoms with van der Waals surface area (Å²) in [6, 6.07) is 4.91. The van der Waals surface area contributed by atoms with Gasteiger partial charge in [-0.15, -0.1) is 0 Å². The molecule has 0 radical (unpaired) electrons. The number of carbonyl (C=O) groups is 2. The van der Waals surface area contributed by atoms with Crippen LogP contribution in [0.25, 0.3) is 0 Å². The molecule has 2 amide bonds. The normalized spacial score (nSPS) is 18.1. The van der Waals surface area contributed by atoms with Crippen LogP contribution in [0.3, 0.4) is 0 Å². The minimum absolute atomic E-state index is 0.0958. The van der Waals surface area contributed by atoms with Crippen LogP contribution in [-0.2, 0) is 4.79 Å². The van der Waals surface area contributed by atoms with Crippen molar-refractivity contribution >= 4 is 23.2 Å². The second-order valence-electron chi connectivity index (χ2n) is 3.69. The molecule has 0 saturated heterocycles. The van der Waals surface area contributed by atoms with Gasteiger partial charge in [-0.3, -0.25) is 9.59 Å². The van der Waals surface area contributed by atoms with E-state index in [4.69, 9.17) is 0 Å². The molecule has 1 aromatic rings. The maximum atomic E-state index is 11.4. The van der Waals surface area contributed by atoms with Crippen molar-refractivity contribution in [1.29, 1.82) is 0 Å². The first-order valence-electron chi connectivity index (χ1n) is 5.05. The molecular weight excluding hydrogens is 206 g/mol. The molecule has 0 saturated carbocycles. The second-order valence-corrected chi connectivity index (χ2v) is 3.69. The molecule has 1 aromatic carbocycles. The molecule has 1 heterocycles. The maximum Gasteiger partial charge on any atom is 0.251 e. The zero-order valence-corrected chi connectivity index (χ0v) is 9.13. The van der Waals surface area contributed by atoms with Gasteiger partial charge in [0.15, 0.2) is 0 Å². The Morgan fingerprint density at radius 3 is 2.81 bits per heavy atom. The first kappa shape index (κ1) is 10.5. The quantitative estimate of drug-likeness (QED) is 0.654. The summed E-state index contributed by atoms with van der Waals surface area (Å²) >= 11 is 0. The predicted octanol–water partition coefficient (Wildman–Crippen LogP) is 0.799. The van der Waals surface area contributed by atoms with Gasteiger partial charge in [0.2, 0.25) is 5.91 Å². The summed E-state index contributed by atoms with van der Waals surface area (Å²) in [4.78, 5) is 22.8. The van der Waals surface area contributed by atoms with Crippen LogP contribution in [0.1, 0.15) is 17.3 Å². The molecule has 16 heavy (non-hydrogen) atoms. The van der Waals surface area contributed by atoms with E-state index in [1.54, 1.807) is 32.2 Å². The highest BCUT2D eigenvalue weighted by atomic mass is 16.2. The summed E-state index contributed by atoms with van der Waals surface area (Å²) < 4.78 is 0. The highest BCUT2D eigenvalue weighted by Gasteiger charge is 2.21. The van der Waals surface area contributed by atoms with E-state index in [2.05, 4.69) is 16.0 Å². The SMILES string of the molecule is CNC(=O)c1ccc2c(c1)NC(=O)[C@H](C)N2. The Hall–Kier alpha value is -2.04. The van der Waals surface area contributed by atoms with Crippen LogP contribution in [0.15, 0.2) is 18.2 Å². The summed E-state index contributed by atoms with van der Waals surface area (Å²) in [7, 11) is 1.57. The van der Waals surface area contributed by atoms with Crippen molar-refractivity contribution in [3.63, 3.8) is 0 Å². The molecule has 0 fully saturated rings. The Morgan fingerprint density at radius 2 is 2.12 bits per heavy atom. The van der Waals surface area contributed by atoms with E-state index in [0.29, 0.717) is 11.3 Å². The molecule has 0 bridgehead atoms. The Labute approximate surface area is 93.2 Å². The molecule has 1 atom stereocenters. The van der Waals surface area contributed by atoms with Gasteiger partial charge in [0.1, 0.15) is 6.04 Å². The van der Waals surface area contributed by atoms with E-state index in [-0.39, 0.29) is 17.9 Å². The number of anilines is 2. The van der Waals surface area contributed by atoms with Crippen LogP contribution in [-0.4, -0.2) is 24.9 Å². The van der Waals surface area contributed by atoms with Crippen molar-refractivity contribution < 1.29 is 9.59 Å². The van der Waals surface area contributed by atoms with Crippen LogP contribution in [0.2, 0.25) is 0 Å². The third kappa shape index (κ3) is 1.71. The number of hydrogen-bond donors (Lipinski definition) is 3. The molecule has 0 spiro atoms. The van der Waals surface area contributed by atoms with E-state index in [1.165, 1.54) is 0 Å².